The number of amides is 2. The van der Waals surface area contributed by atoms with Crippen molar-refractivity contribution in [2.45, 2.75) is 25.7 Å². The van der Waals surface area contributed by atoms with Gasteiger partial charge in [0, 0.05) is 7.11 Å². The number of carbonyl (C=O) groups excluding carboxylic acids is 2. The summed E-state index contributed by atoms with van der Waals surface area (Å²) in [6, 6.07) is 19.0. The molecule has 30 heavy (non-hydrogen) atoms. The van der Waals surface area contributed by atoms with Gasteiger partial charge in [-0.3, -0.25) is 4.79 Å². The molecule has 0 aliphatic carbocycles. The van der Waals surface area contributed by atoms with Gasteiger partial charge in [-0.2, -0.15) is 0 Å². The Morgan fingerprint density at radius 1 is 1.17 bits per heavy atom. The highest BCUT2D eigenvalue weighted by atomic mass is 16.6. The molecule has 1 aliphatic heterocycles. The Balaban J connectivity index is 1.61. The van der Waals surface area contributed by atoms with E-state index < -0.39 is 24.2 Å². The van der Waals surface area contributed by atoms with E-state index in [1.807, 2.05) is 72.8 Å². The van der Waals surface area contributed by atoms with Crippen molar-refractivity contribution in [2.24, 2.45) is 5.92 Å². The van der Waals surface area contributed by atoms with Gasteiger partial charge in [0.2, 0.25) is 5.91 Å². The predicted molar refractivity (Wildman–Crippen MR) is 114 cm³/mol. The molecule has 0 saturated carbocycles. The van der Waals surface area contributed by atoms with E-state index in [1.165, 1.54) is 0 Å². The monoisotopic (exact) mass is 409 g/mol. The fourth-order valence-electron chi connectivity index (χ4n) is 3.32. The number of hydrogen-bond donors (Lipinski definition) is 0. The Morgan fingerprint density at radius 2 is 1.83 bits per heavy atom. The molecule has 1 aliphatic rings. The van der Waals surface area contributed by atoms with E-state index >= 15 is 0 Å². The summed E-state index contributed by atoms with van der Waals surface area (Å²) in [5.74, 6) is -0.896. The van der Waals surface area contributed by atoms with Gasteiger partial charge in [-0.15, -0.1) is 0 Å². The zero-order valence-corrected chi connectivity index (χ0v) is 17.3. The van der Waals surface area contributed by atoms with Crippen molar-refractivity contribution >= 4 is 18.1 Å². The summed E-state index contributed by atoms with van der Waals surface area (Å²) in [6.45, 7) is 2.50. The number of benzene rings is 2. The molecule has 0 bridgehead atoms. The number of cyclic esters (lactones) is 1. The van der Waals surface area contributed by atoms with E-state index in [2.05, 4.69) is 0 Å². The van der Waals surface area contributed by atoms with Crippen LogP contribution in [-0.4, -0.2) is 49.4 Å². The lowest BCUT2D eigenvalue weighted by molar-refractivity contribution is -0.137. The second-order valence-electron chi connectivity index (χ2n) is 7.20. The molecule has 0 aromatic heterocycles. The summed E-state index contributed by atoms with van der Waals surface area (Å²) in [7, 11) is 1.55. The number of imide groups is 1. The summed E-state index contributed by atoms with van der Waals surface area (Å²) < 4.78 is 16.4. The molecule has 1 heterocycles. The molecule has 1 saturated heterocycles. The summed E-state index contributed by atoms with van der Waals surface area (Å²) in [5, 5.41) is 0. The molecule has 6 heteroatoms. The summed E-state index contributed by atoms with van der Waals surface area (Å²) >= 11 is 0. The third kappa shape index (κ3) is 5.55. The Kier molecular flexibility index (Phi) is 7.76. The van der Waals surface area contributed by atoms with E-state index in [0.717, 1.165) is 16.0 Å². The first kappa shape index (κ1) is 21.7. The largest absolute Gasteiger partial charge is 0.447 e. The maximum Gasteiger partial charge on any atom is 0.417 e. The van der Waals surface area contributed by atoms with Crippen LogP contribution in [0.4, 0.5) is 4.79 Å². The topological polar surface area (TPSA) is 65.1 Å². The maximum absolute atomic E-state index is 13.1. The van der Waals surface area contributed by atoms with Crippen LogP contribution in [0.3, 0.4) is 0 Å². The van der Waals surface area contributed by atoms with Gasteiger partial charge in [0.1, 0.15) is 12.6 Å². The van der Waals surface area contributed by atoms with Gasteiger partial charge in [0.15, 0.2) is 0 Å². The maximum atomic E-state index is 13.1. The summed E-state index contributed by atoms with van der Waals surface area (Å²) in [5.41, 5.74) is 2.03. The number of ether oxygens (including phenoxy) is 3. The average molecular weight is 409 g/mol. The summed E-state index contributed by atoms with van der Waals surface area (Å²) in [6.07, 6.45) is 2.63. The number of carbonyl (C=O) groups is 2. The van der Waals surface area contributed by atoms with Gasteiger partial charge in [-0.1, -0.05) is 79.7 Å². The van der Waals surface area contributed by atoms with Gasteiger partial charge in [0.05, 0.1) is 25.2 Å². The lowest BCUT2D eigenvalue weighted by Crippen LogP contribution is -2.46. The Bertz CT molecular complexity index is 852. The minimum absolute atomic E-state index is 0.129. The predicted octanol–water partition coefficient (Wildman–Crippen LogP) is 3.92. The minimum Gasteiger partial charge on any atom is -0.447 e. The van der Waals surface area contributed by atoms with Crippen molar-refractivity contribution in [1.29, 1.82) is 0 Å². The highest BCUT2D eigenvalue weighted by Gasteiger charge is 2.41. The third-order valence-electron chi connectivity index (χ3n) is 5.05. The average Bonchev–Trinajstić information content (AvgIpc) is 3.15. The first-order valence-electron chi connectivity index (χ1n) is 9.97. The molecule has 0 unspecified atom stereocenters. The number of nitrogens with zero attached hydrogens (tertiary/aromatic N) is 1. The molecule has 2 aromatic carbocycles. The molecule has 3 atom stereocenters. The van der Waals surface area contributed by atoms with Crippen LogP contribution >= 0.6 is 0 Å². The van der Waals surface area contributed by atoms with Gasteiger partial charge < -0.3 is 14.2 Å². The van der Waals surface area contributed by atoms with Crippen molar-refractivity contribution in [2.75, 3.05) is 20.3 Å². The third-order valence-corrected chi connectivity index (χ3v) is 5.05. The highest BCUT2D eigenvalue weighted by molar-refractivity contribution is 5.95. The Morgan fingerprint density at radius 3 is 2.50 bits per heavy atom. The second-order valence-corrected chi connectivity index (χ2v) is 7.20. The number of rotatable bonds is 9. The molecule has 0 N–H and O–H groups in total. The van der Waals surface area contributed by atoms with E-state index in [4.69, 9.17) is 14.2 Å². The fraction of sp³-hybridized carbons (Fsp3) is 0.333. The molecule has 158 valence electrons. The van der Waals surface area contributed by atoms with Crippen LogP contribution in [0, 0.1) is 5.92 Å². The molecule has 6 nitrogen and oxygen atoms in total. The quantitative estimate of drug-likeness (QED) is 0.628. The van der Waals surface area contributed by atoms with Crippen molar-refractivity contribution in [3.63, 3.8) is 0 Å². The van der Waals surface area contributed by atoms with Gasteiger partial charge in [-0.25, -0.2) is 9.69 Å². The van der Waals surface area contributed by atoms with Crippen LogP contribution < -0.4 is 0 Å². The highest BCUT2D eigenvalue weighted by Crippen LogP contribution is 2.21. The van der Waals surface area contributed by atoms with Crippen molar-refractivity contribution in [3.05, 3.63) is 77.9 Å². The molecule has 3 rings (SSSR count). The van der Waals surface area contributed by atoms with E-state index in [9.17, 15) is 9.59 Å². The number of methoxy groups -OCH3 is 1. The molecule has 2 aromatic rings. The van der Waals surface area contributed by atoms with E-state index in [1.54, 1.807) is 14.0 Å². The van der Waals surface area contributed by atoms with Gasteiger partial charge in [-0.05, 0) is 11.1 Å². The first-order valence-corrected chi connectivity index (χ1v) is 9.97. The van der Waals surface area contributed by atoms with Crippen LogP contribution in [0.15, 0.2) is 66.7 Å². The van der Waals surface area contributed by atoms with Gasteiger partial charge in [0.25, 0.3) is 0 Å². The zero-order valence-electron chi connectivity index (χ0n) is 17.3. The zero-order chi connectivity index (χ0) is 21.3. The van der Waals surface area contributed by atoms with Crippen molar-refractivity contribution in [3.8, 4) is 0 Å². The van der Waals surface area contributed by atoms with Crippen molar-refractivity contribution in [1.82, 2.24) is 4.90 Å². The van der Waals surface area contributed by atoms with Gasteiger partial charge >= 0.3 is 6.09 Å². The molecule has 0 spiro atoms. The Hall–Kier alpha value is -2.96. The fourth-order valence-corrected chi connectivity index (χ4v) is 3.32. The second kappa shape index (κ2) is 10.7. The van der Waals surface area contributed by atoms with Crippen LogP contribution in [0.5, 0.6) is 0 Å². The normalized spacial score (nSPS) is 18.4. The first-order chi connectivity index (χ1) is 14.6. The van der Waals surface area contributed by atoms with E-state index in [0.29, 0.717) is 6.61 Å². The Labute approximate surface area is 177 Å². The van der Waals surface area contributed by atoms with Crippen LogP contribution in [-0.2, 0) is 25.6 Å². The lowest BCUT2D eigenvalue weighted by Gasteiger charge is -2.26. The molecular weight excluding hydrogens is 382 g/mol. The van der Waals surface area contributed by atoms with Crippen LogP contribution in [0.1, 0.15) is 18.1 Å². The molecule has 0 radical (unpaired) electrons. The lowest BCUT2D eigenvalue weighted by atomic mass is 10.0. The number of hydrogen-bond acceptors (Lipinski definition) is 5. The van der Waals surface area contributed by atoms with Crippen LogP contribution in [0.2, 0.25) is 0 Å². The minimum atomic E-state index is -0.637. The molecule has 1 fully saturated rings. The van der Waals surface area contributed by atoms with E-state index in [-0.39, 0.29) is 19.1 Å². The standard InChI is InChI=1S/C24H27NO5/c1-18(22(28-2)14-13-19-9-5-3-6-10-19)23(26)25-21(17-30-24(25)27)16-29-15-20-11-7-4-8-12-20/h3-14,18,21-22H,15-17H2,1-2H3/b14-13+/t18-,21-,22-/m1/s1. The molecular formula is C24H27NO5. The van der Waals surface area contributed by atoms with Crippen LogP contribution in [0.25, 0.3) is 6.08 Å². The summed E-state index contributed by atoms with van der Waals surface area (Å²) in [4.78, 5) is 26.5. The SMILES string of the molecule is CO[C@H](/C=C/c1ccccc1)[C@@H](C)C(=O)N1C(=O)OC[C@H]1COCc1ccccc1. The molecule has 2 amide bonds. The smallest absolute Gasteiger partial charge is 0.417 e. The van der Waals surface area contributed by atoms with Crippen molar-refractivity contribution < 1.29 is 23.8 Å².